The third kappa shape index (κ3) is 3.76. The van der Waals surface area contributed by atoms with Gasteiger partial charge in [0.15, 0.2) is 11.6 Å². The van der Waals surface area contributed by atoms with Gasteiger partial charge >= 0.3 is 0 Å². The first-order chi connectivity index (χ1) is 13.6. The summed E-state index contributed by atoms with van der Waals surface area (Å²) in [7, 11) is 0. The lowest BCUT2D eigenvalue weighted by atomic mass is 9.79. The Morgan fingerprint density at radius 1 is 1.21 bits per heavy atom. The number of nitrogens with two attached hydrogens (primary N) is 1. The Morgan fingerprint density at radius 3 is 2.50 bits per heavy atom. The van der Waals surface area contributed by atoms with E-state index < -0.39 is 5.41 Å². The zero-order chi connectivity index (χ0) is 19.6. The molecule has 0 unspecified atom stereocenters. The Hall–Kier alpha value is -2.41. The SMILES string of the molecule is CC1CCN(c2nc3ccccc3nc2NCC2(C(N)=O)CCOCC2)CC1. The summed E-state index contributed by atoms with van der Waals surface area (Å²) < 4.78 is 5.44. The molecular weight excluding hydrogens is 354 g/mol. The van der Waals surface area contributed by atoms with Crippen molar-refractivity contribution in [1.82, 2.24) is 9.97 Å². The molecule has 0 radical (unpaired) electrons. The number of nitrogens with one attached hydrogen (secondary N) is 1. The summed E-state index contributed by atoms with van der Waals surface area (Å²) in [6.07, 6.45) is 3.56. The second-order valence-electron chi connectivity index (χ2n) is 8.16. The number of aromatic nitrogens is 2. The summed E-state index contributed by atoms with van der Waals surface area (Å²) in [6.45, 7) is 5.81. The lowest BCUT2D eigenvalue weighted by molar-refractivity contribution is -0.132. The molecule has 0 atom stereocenters. The maximum atomic E-state index is 12.2. The predicted octanol–water partition coefficient (Wildman–Crippen LogP) is 2.56. The van der Waals surface area contributed by atoms with Crippen LogP contribution in [0.2, 0.25) is 0 Å². The van der Waals surface area contributed by atoms with Crippen LogP contribution >= 0.6 is 0 Å². The highest BCUT2D eigenvalue weighted by molar-refractivity contribution is 5.83. The summed E-state index contributed by atoms with van der Waals surface area (Å²) in [6, 6.07) is 7.90. The van der Waals surface area contributed by atoms with Crippen LogP contribution in [0.3, 0.4) is 0 Å². The van der Waals surface area contributed by atoms with E-state index in [1.807, 2.05) is 24.3 Å². The number of carbonyl (C=O) groups excluding carboxylic acids is 1. The number of hydrogen-bond acceptors (Lipinski definition) is 6. The Labute approximate surface area is 165 Å². The molecule has 1 amide bonds. The standard InChI is InChI=1S/C21H29N5O2/c1-15-6-10-26(11-7-15)19-18(24-16-4-2-3-5-17(16)25-19)23-14-21(20(22)27)8-12-28-13-9-21/h2-5,15H,6-14H2,1H3,(H2,22,27)(H,23,24). The molecular formula is C21H29N5O2. The average molecular weight is 383 g/mol. The van der Waals surface area contributed by atoms with Gasteiger partial charge in [-0.3, -0.25) is 4.79 Å². The summed E-state index contributed by atoms with van der Waals surface area (Å²) in [5.74, 6) is 2.07. The number of primary amides is 1. The number of piperidine rings is 1. The van der Waals surface area contributed by atoms with E-state index in [2.05, 4.69) is 17.1 Å². The zero-order valence-corrected chi connectivity index (χ0v) is 16.5. The highest BCUT2D eigenvalue weighted by Gasteiger charge is 2.38. The number of ether oxygens (including phenoxy) is 1. The summed E-state index contributed by atoms with van der Waals surface area (Å²) in [5, 5.41) is 3.43. The molecule has 0 bridgehead atoms. The highest BCUT2D eigenvalue weighted by Crippen LogP contribution is 2.33. The Bertz CT molecular complexity index is 842. The lowest BCUT2D eigenvalue weighted by Crippen LogP contribution is -2.46. The Kier molecular flexibility index (Phi) is 5.35. The van der Waals surface area contributed by atoms with Crippen LogP contribution in [0.4, 0.5) is 11.6 Å². The van der Waals surface area contributed by atoms with Crippen molar-refractivity contribution in [3.8, 4) is 0 Å². The van der Waals surface area contributed by atoms with Crippen molar-refractivity contribution in [3.63, 3.8) is 0 Å². The van der Waals surface area contributed by atoms with E-state index in [0.717, 1.165) is 54.5 Å². The lowest BCUT2D eigenvalue weighted by Gasteiger charge is -2.35. The van der Waals surface area contributed by atoms with Gasteiger partial charge in [-0.05, 0) is 43.7 Å². The topological polar surface area (TPSA) is 93.4 Å². The molecule has 3 N–H and O–H groups in total. The maximum absolute atomic E-state index is 12.2. The number of amides is 1. The molecule has 1 aromatic carbocycles. The molecule has 3 heterocycles. The van der Waals surface area contributed by atoms with Gasteiger partial charge in [-0.1, -0.05) is 19.1 Å². The molecule has 2 aliphatic rings. The fourth-order valence-electron chi connectivity index (χ4n) is 4.08. The van der Waals surface area contributed by atoms with Crippen LogP contribution in [0.15, 0.2) is 24.3 Å². The molecule has 2 saturated heterocycles. The average Bonchev–Trinajstić information content (AvgIpc) is 2.73. The number of nitrogens with zero attached hydrogens (tertiary/aromatic N) is 3. The van der Waals surface area contributed by atoms with Crippen molar-refractivity contribution in [3.05, 3.63) is 24.3 Å². The Morgan fingerprint density at radius 2 is 1.86 bits per heavy atom. The van der Waals surface area contributed by atoms with Crippen molar-refractivity contribution in [2.75, 3.05) is 43.1 Å². The van der Waals surface area contributed by atoms with E-state index in [1.165, 1.54) is 0 Å². The molecule has 150 valence electrons. The van der Waals surface area contributed by atoms with E-state index in [4.69, 9.17) is 20.4 Å². The van der Waals surface area contributed by atoms with Crippen LogP contribution in [-0.4, -0.2) is 48.7 Å². The highest BCUT2D eigenvalue weighted by atomic mass is 16.5. The van der Waals surface area contributed by atoms with E-state index in [-0.39, 0.29) is 5.91 Å². The minimum atomic E-state index is -0.598. The van der Waals surface area contributed by atoms with Crippen molar-refractivity contribution >= 4 is 28.6 Å². The van der Waals surface area contributed by atoms with Crippen molar-refractivity contribution in [1.29, 1.82) is 0 Å². The predicted molar refractivity (Wildman–Crippen MR) is 110 cm³/mol. The number of para-hydroxylation sites is 2. The second kappa shape index (κ2) is 7.91. The molecule has 1 aromatic heterocycles. The molecule has 2 fully saturated rings. The van der Waals surface area contributed by atoms with E-state index in [9.17, 15) is 4.79 Å². The van der Waals surface area contributed by atoms with Gasteiger partial charge in [0, 0.05) is 32.8 Å². The summed E-state index contributed by atoms with van der Waals surface area (Å²) >= 11 is 0. The second-order valence-corrected chi connectivity index (χ2v) is 8.16. The van der Waals surface area contributed by atoms with Crippen molar-refractivity contribution in [2.45, 2.75) is 32.6 Å². The van der Waals surface area contributed by atoms with Gasteiger partial charge in [0.25, 0.3) is 0 Å². The number of benzene rings is 1. The number of rotatable bonds is 5. The van der Waals surface area contributed by atoms with Gasteiger partial charge < -0.3 is 20.7 Å². The van der Waals surface area contributed by atoms with Gasteiger partial charge in [0.2, 0.25) is 5.91 Å². The van der Waals surface area contributed by atoms with Crippen LogP contribution in [0.5, 0.6) is 0 Å². The molecule has 7 heteroatoms. The first-order valence-corrected chi connectivity index (χ1v) is 10.2. The monoisotopic (exact) mass is 383 g/mol. The van der Waals surface area contributed by atoms with E-state index >= 15 is 0 Å². The zero-order valence-electron chi connectivity index (χ0n) is 16.5. The van der Waals surface area contributed by atoms with Gasteiger partial charge in [-0.2, -0.15) is 0 Å². The van der Waals surface area contributed by atoms with Crippen LogP contribution in [0.1, 0.15) is 32.6 Å². The largest absolute Gasteiger partial charge is 0.381 e. The molecule has 0 saturated carbocycles. The van der Waals surface area contributed by atoms with Crippen molar-refractivity contribution < 1.29 is 9.53 Å². The molecule has 4 rings (SSSR count). The van der Waals surface area contributed by atoms with E-state index in [0.29, 0.717) is 32.6 Å². The quantitative estimate of drug-likeness (QED) is 0.824. The van der Waals surface area contributed by atoms with Gasteiger partial charge in [-0.15, -0.1) is 0 Å². The third-order valence-electron chi connectivity index (χ3n) is 6.20. The summed E-state index contributed by atoms with van der Waals surface area (Å²) in [4.78, 5) is 24.3. The first kappa shape index (κ1) is 18.9. The minimum absolute atomic E-state index is 0.273. The van der Waals surface area contributed by atoms with Gasteiger partial charge in [0.1, 0.15) is 0 Å². The normalized spacial score (nSPS) is 20.2. The molecule has 2 aliphatic heterocycles. The first-order valence-electron chi connectivity index (χ1n) is 10.2. The minimum Gasteiger partial charge on any atom is -0.381 e. The fourth-order valence-corrected chi connectivity index (χ4v) is 4.08. The van der Waals surface area contributed by atoms with Crippen LogP contribution in [0, 0.1) is 11.3 Å². The molecule has 0 aliphatic carbocycles. The van der Waals surface area contributed by atoms with E-state index in [1.54, 1.807) is 0 Å². The van der Waals surface area contributed by atoms with Crippen molar-refractivity contribution in [2.24, 2.45) is 17.1 Å². The number of fused-ring (bicyclic) bond motifs is 1. The van der Waals surface area contributed by atoms with Gasteiger partial charge in [0.05, 0.1) is 16.4 Å². The number of hydrogen-bond donors (Lipinski definition) is 2. The van der Waals surface area contributed by atoms with Crippen LogP contribution < -0.4 is 16.0 Å². The Balaban J connectivity index is 1.64. The smallest absolute Gasteiger partial charge is 0.225 e. The summed E-state index contributed by atoms with van der Waals surface area (Å²) in [5.41, 5.74) is 6.91. The van der Waals surface area contributed by atoms with Crippen LogP contribution in [-0.2, 0) is 9.53 Å². The number of anilines is 2. The maximum Gasteiger partial charge on any atom is 0.225 e. The number of carbonyl (C=O) groups is 1. The van der Waals surface area contributed by atoms with Gasteiger partial charge in [-0.25, -0.2) is 9.97 Å². The molecule has 0 spiro atoms. The fraction of sp³-hybridized carbons (Fsp3) is 0.571. The van der Waals surface area contributed by atoms with Crippen LogP contribution in [0.25, 0.3) is 11.0 Å². The molecule has 7 nitrogen and oxygen atoms in total. The molecule has 2 aromatic rings. The third-order valence-corrected chi connectivity index (χ3v) is 6.20. The molecule has 28 heavy (non-hydrogen) atoms.